The molecule has 0 fully saturated rings. The number of hydrogen-bond acceptors (Lipinski definition) is 1. The minimum absolute atomic E-state index is 0.283. The first-order valence-electron chi connectivity index (χ1n) is 6.07. The zero-order valence-electron chi connectivity index (χ0n) is 10.5. The van der Waals surface area contributed by atoms with Gasteiger partial charge in [-0.2, -0.15) is 0 Å². The Hall–Kier alpha value is -0.510. The second-order valence-corrected chi connectivity index (χ2v) is 6.49. The summed E-state index contributed by atoms with van der Waals surface area (Å²) in [7, 11) is 0. The van der Waals surface area contributed by atoms with Crippen LogP contribution in [0.4, 0.5) is 5.69 Å². The molecule has 1 N–H and O–H groups in total. The highest BCUT2D eigenvalue weighted by atomic mass is 79.9. The van der Waals surface area contributed by atoms with Crippen molar-refractivity contribution in [1.29, 1.82) is 0 Å². The molecule has 0 aromatic heterocycles. The van der Waals surface area contributed by atoms with Gasteiger partial charge in [0, 0.05) is 19.7 Å². The third-order valence-electron chi connectivity index (χ3n) is 2.94. The van der Waals surface area contributed by atoms with Crippen molar-refractivity contribution in [3.63, 3.8) is 0 Å². The summed E-state index contributed by atoms with van der Waals surface area (Å²) in [5.74, 6) is 0. The summed E-state index contributed by atoms with van der Waals surface area (Å²) in [5.41, 5.74) is 2.33. The van der Waals surface area contributed by atoms with Gasteiger partial charge < -0.3 is 5.32 Å². The molecule has 0 spiro atoms. The van der Waals surface area contributed by atoms with E-state index in [1.165, 1.54) is 5.56 Å². The predicted octanol–water partition coefficient (Wildman–Crippen LogP) is 6.43. The molecule has 0 amide bonds. The van der Waals surface area contributed by atoms with E-state index in [9.17, 15) is 0 Å². The summed E-state index contributed by atoms with van der Waals surface area (Å²) >= 11 is 13.0. The van der Waals surface area contributed by atoms with Crippen LogP contribution in [0.3, 0.4) is 0 Å². The molecule has 2 aromatic rings. The van der Waals surface area contributed by atoms with Crippen LogP contribution in [0.1, 0.15) is 24.9 Å². The van der Waals surface area contributed by atoms with Crippen LogP contribution in [0.25, 0.3) is 0 Å². The van der Waals surface area contributed by atoms with Gasteiger partial charge >= 0.3 is 0 Å². The van der Waals surface area contributed by atoms with Crippen LogP contribution < -0.4 is 5.32 Å². The highest BCUT2D eigenvalue weighted by Crippen LogP contribution is 2.30. The van der Waals surface area contributed by atoms with E-state index in [4.69, 9.17) is 11.6 Å². The van der Waals surface area contributed by atoms with E-state index in [-0.39, 0.29) is 6.04 Å². The molecule has 0 heterocycles. The van der Waals surface area contributed by atoms with Gasteiger partial charge in [-0.25, -0.2) is 0 Å². The van der Waals surface area contributed by atoms with Crippen molar-refractivity contribution in [2.24, 2.45) is 0 Å². The summed E-state index contributed by atoms with van der Waals surface area (Å²) in [6.07, 6.45) is 1.01. The van der Waals surface area contributed by atoms with E-state index in [0.29, 0.717) is 0 Å². The Morgan fingerprint density at radius 1 is 1.11 bits per heavy atom. The first-order chi connectivity index (χ1) is 9.10. The molecule has 19 heavy (non-hydrogen) atoms. The molecule has 1 atom stereocenters. The molecule has 0 bridgehead atoms. The lowest BCUT2D eigenvalue weighted by Gasteiger charge is -2.20. The average Bonchev–Trinajstić information content (AvgIpc) is 2.39. The van der Waals surface area contributed by atoms with Crippen molar-refractivity contribution in [2.75, 3.05) is 5.32 Å². The third-order valence-corrected chi connectivity index (χ3v) is 4.36. The molecule has 100 valence electrons. The van der Waals surface area contributed by atoms with Gasteiger partial charge in [-0.3, -0.25) is 0 Å². The maximum Gasteiger partial charge on any atom is 0.0511 e. The molecule has 2 aromatic carbocycles. The number of hydrogen-bond donors (Lipinski definition) is 1. The van der Waals surface area contributed by atoms with Crippen LogP contribution in [0.2, 0.25) is 5.02 Å². The van der Waals surface area contributed by atoms with Gasteiger partial charge in [-0.1, -0.05) is 46.6 Å². The molecule has 0 aliphatic heterocycles. The van der Waals surface area contributed by atoms with Crippen LogP contribution in [0, 0.1) is 0 Å². The molecule has 0 aliphatic rings. The molecule has 1 nitrogen and oxygen atoms in total. The predicted molar refractivity (Wildman–Crippen MR) is 89.9 cm³/mol. The fourth-order valence-corrected chi connectivity index (χ4v) is 2.97. The van der Waals surface area contributed by atoms with Gasteiger partial charge in [0.1, 0.15) is 0 Å². The Balaban J connectivity index is 2.21. The first kappa shape index (κ1) is 14.9. The van der Waals surface area contributed by atoms with Crippen LogP contribution >= 0.6 is 43.5 Å². The van der Waals surface area contributed by atoms with Crippen LogP contribution in [-0.4, -0.2) is 0 Å². The van der Waals surface area contributed by atoms with Gasteiger partial charge in [0.15, 0.2) is 0 Å². The van der Waals surface area contributed by atoms with Gasteiger partial charge in [0.2, 0.25) is 0 Å². The quantitative estimate of drug-likeness (QED) is 0.620. The number of anilines is 1. The van der Waals surface area contributed by atoms with E-state index in [0.717, 1.165) is 26.1 Å². The van der Waals surface area contributed by atoms with Crippen LogP contribution in [-0.2, 0) is 0 Å². The fourth-order valence-electron chi connectivity index (χ4n) is 1.91. The zero-order chi connectivity index (χ0) is 13.8. The van der Waals surface area contributed by atoms with Crippen LogP contribution in [0.15, 0.2) is 51.4 Å². The molecule has 1 unspecified atom stereocenters. The van der Waals surface area contributed by atoms with Crippen molar-refractivity contribution in [2.45, 2.75) is 19.4 Å². The molecule has 0 radical (unpaired) electrons. The Morgan fingerprint density at radius 3 is 2.37 bits per heavy atom. The van der Waals surface area contributed by atoms with Gasteiger partial charge in [0.25, 0.3) is 0 Å². The second-order valence-electron chi connectivity index (χ2n) is 4.28. The summed E-state index contributed by atoms with van der Waals surface area (Å²) in [6, 6.07) is 14.5. The highest BCUT2D eigenvalue weighted by molar-refractivity contribution is 9.10. The van der Waals surface area contributed by atoms with E-state index >= 15 is 0 Å². The van der Waals surface area contributed by atoms with E-state index < -0.39 is 0 Å². The van der Waals surface area contributed by atoms with Gasteiger partial charge in [-0.15, -0.1) is 0 Å². The van der Waals surface area contributed by atoms with E-state index in [2.05, 4.69) is 68.4 Å². The summed E-state index contributed by atoms with van der Waals surface area (Å²) in [4.78, 5) is 0. The third kappa shape index (κ3) is 3.98. The molecular weight excluding hydrogens is 389 g/mol. The fraction of sp³-hybridized carbons (Fsp3) is 0.200. The SMILES string of the molecule is CCC(Nc1ccc(Cl)cc1Br)c1ccc(Br)cc1. The number of halogens is 3. The Kier molecular flexibility index (Phi) is 5.31. The normalized spacial score (nSPS) is 12.2. The van der Waals surface area contributed by atoms with Gasteiger partial charge in [-0.05, 0) is 58.2 Å². The molecule has 0 aliphatic carbocycles. The highest BCUT2D eigenvalue weighted by Gasteiger charge is 2.10. The van der Waals surface area contributed by atoms with Crippen molar-refractivity contribution in [1.82, 2.24) is 0 Å². The second kappa shape index (κ2) is 6.78. The lowest BCUT2D eigenvalue weighted by Crippen LogP contribution is -2.09. The molecular formula is C15H14Br2ClN. The van der Waals surface area contributed by atoms with Crippen molar-refractivity contribution in [3.05, 3.63) is 62.0 Å². The van der Waals surface area contributed by atoms with Crippen molar-refractivity contribution in [3.8, 4) is 0 Å². The summed E-state index contributed by atoms with van der Waals surface area (Å²) in [5, 5.41) is 4.27. The minimum Gasteiger partial charge on any atom is -0.377 e. The molecule has 0 saturated heterocycles. The van der Waals surface area contributed by atoms with Crippen LogP contribution in [0.5, 0.6) is 0 Å². The molecule has 4 heteroatoms. The Morgan fingerprint density at radius 2 is 1.79 bits per heavy atom. The maximum atomic E-state index is 5.96. The van der Waals surface area contributed by atoms with Crippen molar-refractivity contribution >= 4 is 49.1 Å². The van der Waals surface area contributed by atoms with E-state index in [1.807, 2.05) is 18.2 Å². The van der Waals surface area contributed by atoms with Gasteiger partial charge in [0.05, 0.1) is 6.04 Å². The summed E-state index contributed by atoms with van der Waals surface area (Å²) < 4.78 is 2.08. The van der Waals surface area contributed by atoms with Crippen molar-refractivity contribution < 1.29 is 0 Å². The molecule has 0 saturated carbocycles. The lowest BCUT2D eigenvalue weighted by atomic mass is 10.0. The Bertz CT molecular complexity index is 555. The minimum atomic E-state index is 0.283. The number of nitrogens with one attached hydrogen (secondary N) is 1. The summed E-state index contributed by atoms with van der Waals surface area (Å²) in [6.45, 7) is 2.17. The van der Waals surface area contributed by atoms with E-state index in [1.54, 1.807) is 0 Å². The molecule has 2 rings (SSSR count). The average molecular weight is 404 g/mol. The smallest absolute Gasteiger partial charge is 0.0511 e. The topological polar surface area (TPSA) is 12.0 Å². The first-order valence-corrected chi connectivity index (χ1v) is 8.03. The Labute approximate surface area is 135 Å². The maximum absolute atomic E-state index is 5.96. The monoisotopic (exact) mass is 401 g/mol. The standard InChI is InChI=1S/C15H14Br2ClN/c1-2-14(10-3-5-11(16)6-4-10)19-15-8-7-12(18)9-13(15)17/h3-9,14,19H,2H2,1H3. The number of rotatable bonds is 4. The number of benzene rings is 2. The largest absolute Gasteiger partial charge is 0.377 e. The zero-order valence-corrected chi connectivity index (χ0v) is 14.4. The lowest BCUT2D eigenvalue weighted by molar-refractivity contribution is 0.748.